The molecule has 2 amide bonds. The lowest BCUT2D eigenvalue weighted by Crippen LogP contribution is -2.55. The number of nitrogens with one attached hydrogen (secondary N) is 1. The summed E-state index contributed by atoms with van der Waals surface area (Å²) in [5.74, 6) is -0.163. The van der Waals surface area contributed by atoms with Gasteiger partial charge in [-0.2, -0.15) is 0 Å². The predicted octanol–water partition coefficient (Wildman–Crippen LogP) is 1.21. The van der Waals surface area contributed by atoms with E-state index in [-0.39, 0.29) is 35.3 Å². The molecule has 2 atom stereocenters. The van der Waals surface area contributed by atoms with Crippen molar-refractivity contribution in [1.82, 2.24) is 20.0 Å². The molecule has 0 saturated carbocycles. The zero-order valence-corrected chi connectivity index (χ0v) is 16.7. The Kier molecular flexibility index (Phi) is 5.14. The summed E-state index contributed by atoms with van der Waals surface area (Å²) in [6, 6.07) is 6.22. The van der Waals surface area contributed by atoms with E-state index in [0.717, 1.165) is 31.5 Å². The first-order valence-electron chi connectivity index (χ1n) is 10.1. The van der Waals surface area contributed by atoms with Gasteiger partial charge in [0.05, 0.1) is 12.0 Å². The molecule has 0 aromatic heterocycles. The number of carbonyl (C=O) groups is 2. The summed E-state index contributed by atoms with van der Waals surface area (Å²) in [4.78, 5) is 32.2. The molecule has 3 aliphatic heterocycles. The molecule has 7 heteroatoms. The van der Waals surface area contributed by atoms with Crippen molar-refractivity contribution in [2.45, 2.75) is 49.9 Å². The number of hydrogen-bond acceptors (Lipinski definition) is 4. The lowest BCUT2D eigenvalue weighted by molar-refractivity contribution is -0.135. The number of carbonyl (C=O) groups excluding carboxylic acids is 2. The molecule has 3 aliphatic rings. The first-order chi connectivity index (χ1) is 13.3. The van der Waals surface area contributed by atoms with Crippen LogP contribution in [-0.2, 0) is 16.1 Å². The standard InChI is InChI=1S/C21H29FN4O2/c1-24-9-7-21(8-10-24)12-19(27)26-14-17(11-18(26)20(28)23-21)25(2)13-15-3-5-16(22)6-4-15/h3-6,17-18H,7-14H2,1-2H3,(H,23,28)/t17-,18-/m0/s1. The molecule has 0 bridgehead atoms. The fraction of sp³-hybridized carbons (Fsp3) is 0.619. The molecule has 0 aliphatic carbocycles. The van der Waals surface area contributed by atoms with Crippen molar-refractivity contribution in [3.63, 3.8) is 0 Å². The van der Waals surface area contributed by atoms with Gasteiger partial charge in [0.1, 0.15) is 11.9 Å². The van der Waals surface area contributed by atoms with Gasteiger partial charge in [-0.3, -0.25) is 14.5 Å². The van der Waals surface area contributed by atoms with Crippen molar-refractivity contribution in [2.75, 3.05) is 33.7 Å². The van der Waals surface area contributed by atoms with E-state index >= 15 is 0 Å². The Morgan fingerprint density at radius 3 is 2.57 bits per heavy atom. The number of hydrogen-bond donors (Lipinski definition) is 1. The summed E-state index contributed by atoms with van der Waals surface area (Å²) in [5.41, 5.74) is 0.646. The summed E-state index contributed by atoms with van der Waals surface area (Å²) < 4.78 is 13.1. The number of amides is 2. The number of likely N-dealkylation sites (tertiary alicyclic amines) is 1. The largest absolute Gasteiger partial charge is 0.348 e. The molecule has 152 valence electrons. The van der Waals surface area contributed by atoms with Gasteiger partial charge in [0.25, 0.3) is 0 Å². The van der Waals surface area contributed by atoms with Crippen molar-refractivity contribution < 1.29 is 14.0 Å². The molecule has 1 aromatic rings. The second-order valence-electron chi connectivity index (χ2n) is 8.74. The summed E-state index contributed by atoms with van der Waals surface area (Å²) >= 11 is 0. The molecule has 28 heavy (non-hydrogen) atoms. The van der Waals surface area contributed by atoms with Crippen LogP contribution in [0.1, 0.15) is 31.2 Å². The predicted molar refractivity (Wildman–Crippen MR) is 104 cm³/mol. The van der Waals surface area contributed by atoms with Gasteiger partial charge in [-0.25, -0.2) is 4.39 Å². The van der Waals surface area contributed by atoms with Crippen LogP contribution < -0.4 is 5.32 Å². The highest BCUT2D eigenvalue weighted by molar-refractivity contribution is 5.92. The monoisotopic (exact) mass is 388 g/mol. The van der Waals surface area contributed by atoms with E-state index < -0.39 is 0 Å². The summed E-state index contributed by atoms with van der Waals surface area (Å²) in [6.07, 6.45) is 2.70. The van der Waals surface area contributed by atoms with E-state index in [1.54, 1.807) is 17.0 Å². The first-order valence-corrected chi connectivity index (χ1v) is 10.1. The zero-order valence-electron chi connectivity index (χ0n) is 16.7. The summed E-state index contributed by atoms with van der Waals surface area (Å²) in [6.45, 7) is 3.05. The van der Waals surface area contributed by atoms with Gasteiger partial charge in [-0.1, -0.05) is 12.1 Å². The maximum absolute atomic E-state index is 13.1. The van der Waals surface area contributed by atoms with Crippen molar-refractivity contribution in [2.24, 2.45) is 0 Å². The molecular formula is C21H29FN4O2. The van der Waals surface area contributed by atoms with Crippen LogP contribution in [0, 0.1) is 5.82 Å². The van der Waals surface area contributed by atoms with Gasteiger partial charge in [-0.15, -0.1) is 0 Å². The molecule has 3 saturated heterocycles. The lowest BCUT2D eigenvalue weighted by Gasteiger charge is -2.40. The van der Waals surface area contributed by atoms with Crippen molar-refractivity contribution in [1.29, 1.82) is 0 Å². The van der Waals surface area contributed by atoms with Crippen LogP contribution in [0.5, 0.6) is 0 Å². The van der Waals surface area contributed by atoms with Gasteiger partial charge in [0.15, 0.2) is 0 Å². The molecule has 3 heterocycles. The average molecular weight is 388 g/mol. The van der Waals surface area contributed by atoms with Crippen LogP contribution in [0.2, 0.25) is 0 Å². The molecule has 6 nitrogen and oxygen atoms in total. The van der Waals surface area contributed by atoms with E-state index in [1.165, 1.54) is 12.1 Å². The SMILES string of the molecule is CN1CCC2(CC1)CC(=O)N1C[C@@H](N(C)Cc3ccc(F)cc3)C[C@H]1C(=O)N2. The second-order valence-corrected chi connectivity index (χ2v) is 8.74. The molecule has 0 radical (unpaired) electrons. The highest BCUT2D eigenvalue weighted by Gasteiger charge is 2.49. The van der Waals surface area contributed by atoms with E-state index in [2.05, 4.69) is 22.2 Å². The second kappa shape index (κ2) is 7.44. The van der Waals surface area contributed by atoms with Crippen LogP contribution in [0.4, 0.5) is 4.39 Å². The Balaban J connectivity index is 1.43. The Bertz CT molecular complexity index is 717. The lowest BCUT2D eigenvalue weighted by atomic mass is 9.84. The fourth-order valence-corrected chi connectivity index (χ4v) is 4.79. The van der Waals surface area contributed by atoms with Crippen LogP contribution in [-0.4, -0.2) is 77.9 Å². The molecule has 1 N–H and O–H groups in total. The summed E-state index contributed by atoms with van der Waals surface area (Å²) in [7, 11) is 4.08. The van der Waals surface area contributed by atoms with E-state index in [4.69, 9.17) is 0 Å². The highest BCUT2D eigenvalue weighted by atomic mass is 19.1. The number of rotatable bonds is 3. The number of halogens is 1. The number of likely N-dealkylation sites (N-methyl/N-ethyl adjacent to an activating group) is 1. The first kappa shape index (κ1) is 19.3. The van der Waals surface area contributed by atoms with E-state index in [9.17, 15) is 14.0 Å². The van der Waals surface area contributed by atoms with Crippen LogP contribution in [0.15, 0.2) is 24.3 Å². The highest BCUT2D eigenvalue weighted by Crippen LogP contribution is 2.33. The third kappa shape index (κ3) is 3.78. The zero-order chi connectivity index (χ0) is 19.9. The fourth-order valence-electron chi connectivity index (χ4n) is 4.79. The van der Waals surface area contributed by atoms with Gasteiger partial charge in [0.2, 0.25) is 11.8 Å². The minimum Gasteiger partial charge on any atom is -0.348 e. The number of piperidine rings is 1. The number of fused-ring (bicyclic) bond motifs is 1. The van der Waals surface area contributed by atoms with Crippen LogP contribution in [0.3, 0.4) is 0 Å². The minimum atomic E-state index is -0.382. The maximum atomic E-state index is 13.1. The van der Waals surface area contributed by atoms with Crippen LogP contribution >= 0.6 is 0 Å². The quantitative estimate of drug-likeness (QED) is 0.846. The van der Waals surface area contributed by atoms with Crippen molar-refractivity contribution >= 4 is 11.8 Å². The number of benzene rings is 1. The third-order valence-electron chi connectivity index (χ3n) is 6.69. The van der Waals surface area contributed by atoms with Gasteiger partial charge >= 0.3 is 0 Å². The Labute approximate surface area is 165 Å². The topological polar surface area (TPSA) is 55.9 Å². The third-order valence-corrected chi connectivity index (χ3v) is 6.69. The number of nitrogens with zero attached hydrogens (tertiary/aromatic N) is 3. The van der Waals surface area contributed by atoms with Gasteiger partial charge in [0, 0.05) is 32.2 Å². The maximum Gasteiger partial charge on any atom is 0.243 e. The molecular weight excluding hydrogens is 359 g/mol. The van der Waals surface area contributed by atoms with Crippen molar-refractivity contribution in [3.8, 4) is 0 Å². The Hall–Kier alpha value is -1.99. The van der Waals surface area contributed by atoms with Crippen LogP contribution in [0.25, 0.3) is 0 Å². The minimum absolute atomic E-state index is 0.00640. The van der Waals surface area contributed by atoms with Gasteiger partial charge < -0.3 is 15.1 Å². The molecule has 3 fully saturated rings. The molecule has 0 unspecified atom stereocenters. The molecule has 4 rings (SSSR count). The van der Waals surface area contributed by atoms with E-state index in [1.807, 2.05) is 7.05 Å². The van der Waals surface area contributed by atoms with Crippen molar-refractivity contribution in [3.05, 3.63) is 35.6 Å². The summed E-state index contributed by atoms with van der Waals surface area (Å²) in [5, 5.41) is 3.24. The smallest absolute Gasteiger partial charge is 0.243 e. The Morgan fingerprint density at radius 2 is 1.89 bits per heavy atom. The Morgan fingerprint density at radius 1 is 1.21 bits per heavy atom. The molecule has 1 spiro atoms. The van der Waals surface area contributed by atoms with E-state index in [0.29, 0.717) is 25.9 Å². The van der Waals surface area contributed by atoms with Gasteiger partial charge in [-0.05, 0) is 51.1 Å². The average Bonchev–Trinajstić information content (AvgIpc) is 3.09. The molecule has 1 aromatic carbocycles. The normalized spacial score (nSPS) is 27.8.